The third-order valence-electron chi connectivity index (χ3n) is 4.01. The van der Waals surface area contributed by atoms with Crippen LogP contribution in [-0.2, 0) is 4.79 Å². The fourth-order valence-electron chi connectivity index (χ4n) is 3.02. The zero-order valence-corrected chi connectivity index (χ0v) is 8.75. The van der Waals surface area contributed by atoms with Gasteiger partial charge in [-0.3, -0.25) is 0 Å². The lowest BCUT2D eigenvalue weighted by Crippen LogP contribution is -2.32. The second-order valence-corrected chi connectivity index (χ2v) is 4.98. The van der Waals surface area contributed by atoms with E-state index in [1.807, 2.05) is 6.08 Å². The highest BCUT2D eigenvalue weighted by Gasteiger charge is 2.38. The summed E-state index contributed by atoms with van der Waals surface area (Å²) in [6.45, 7) is 1.72. The molecule has 0 spiro atoms. The van der Waals surface area contributed by atoms with E-state index in [0.29, 0.717) is 5.57 Å². The summed E-state index contributed by atoms with van der Waals surface area (Å²) in [4.78, 5) is 10.8. The standard InChI is InChI=1S/C12H18O2/c1-9(11(13)14)8-12-5-2-10(3-6-12)4-7-12/h8,10H,2-7H2,1H3,(H,13,14). The van der Waals surface area contributed by atoms with E-state index in [1.165, 1.54) is 38.5 Å². The minimum Gasteiger partial charge on any atom is -0.478 e. The fourth-order valence-corrected chi connectivity index (χ4v) is 3.02. The molecule has 1 N–H and O–H groups in total. The van der Waals surface area contributed by atoms with E-state index in [0.717, 1.165) is 5.92 Å². The lowest BCUT2D eigenvalue weighted by atomic mass is 9.60. The fraction of sp³-hybridized carbons (Fsp3) is 0.750. The molecule has 0 unspecified atom stereocenters. The van der Waals surface area contributed by atoms with Crippen molar-refractivity contribution < 1.29 is 9.90 Å². The smallest absolute Gasteiger partial charge is 0.330 e. The van der Waals surface area contributed by atoms with Crippen LogP contribution in [0.5, 0.6) is 0 Å². The number of hydrogen-bond donors (Lipinski definition) is 1. The molecular formula is C12H18O2. The molecule has 3 aliphatic carbocycles. The quantitative estimate of drug-likeness (QED) is 0.686. The predicted molar refractivity (Wildman–Crippen MR) is 55.0 cm³/mol. The highest BCUT2D eigenvalue weighted by Crippen LogP contribution is 2.51. The van der Waals surface area contributed by atoms with Crippen molar-refractivity contribution in [3.8, 4) is 0 Å². The van der Waals surface area contributed by atoms with Crippen LogP contribution in [0.3, 0.4) is 0 Å². The van der Waals surface area contributed by atoms with E-state index in [2.05, 4.69) is 0 Å². The Labute approximate surface area is 85.0 Å². The molecule has 2 nitrogen and oxygen atoms in total. The molecule has 0 aromatic heterocycles. The summed E-state index contributed by atoms with van der Waals surface area (Å²) in [6.07, 6.45) is 9.59. The molecule has 3 aliphatic rings. The monoisotopic (exact) mass is 194 g/mol. The molecule has 0 aromatic rings. The van der Waals surface area contributed by atoms with Crippen molar-refractivity contribution >= 4 is 5.97 Å². The summed E-state index contributed by atoms with van der Waals surface area (Å²) in [5.41, 5.74) is 0.780. The van der Waals surface area contributed by atoms with Crippen molar-refractivity contribution in [2.45, 2.75) is 45.4 Å². The third-order valence-corrected chi connectivity index (χ3v) is 4.01. The second kappa shape index (κ2) is 3.41. The van der Waals surface area contributed by atoms with Gasteiger partial charge in [0, 0.05) is 5.57 Å². The molecule has 3 saturated carbocycles. The van der Waals surface area contributed by atoms with Gasteiger partial charge in [-0.1, -0.05) is 6.08 Å². The molecule has 78 valence electrons. The van der Waals surface area contributed by atoms with Gasteiger partial charge in [-0.2, -0.15) is 0 Å². The van der Waals surface area contributed by atoms with Crippen LogP contribution in [0, 0.1) is 11.3 Å². The van der Waals surface area contributed by atoms with E-state index in [-0.39, 0.29) is 5.41 Å². The van der Waals surface area contributed by atoms with Crippen LogP contribution in [-0.4, -0.2) is 11.1 Å². The first-order valence-electron chi connectivity index (χ1n) is 5.54. The predicted octanol–water partition coefficient (Wildman–Crippen LogP) is 2.99. The first kappa shape index (κ1) is 9.75. The normalized spacial score (nSPS) is 37.2. The molecule has 0 atom stereocenters. The zero-order chi connectivity index (χ0) is 10.2. The van der Waals surface area contributed by atoms with Gasteiger partial charge in [0.2, 0.25) is 0 Å². The SMILES string of the molecule is CC(=CC12CCC(CC1)CC2)C(=O)O. The molecule has 0 aliphatic heterocycles. The van der Waals surface area contributed by atoms with Gasteiger partial charge in [0.25, 0.3) is 0 Å². The molecule has 2 heteroatoms. The Morgan fingerprint density at radius 2 is 1.79 bits per heavy atom. The first-order valence-corrected chi connectivity index (χ1v) is 5.54. The summed E-state index contributed by atoms with van der Waals surface area (Å²) in [7, 11) is 0. The molecule has 0 amide bonds. The van der Waals surface area contributed by atoms with Crippen molar-refractivity contribution in [2.24, 2.45) is 11.3 Å². The maximum atomic E-state index is 10.8. The van der Waals surface area contributed by atoms with Crippen LogP contribution in [0.1, 0.15) is 45.4 Å². The van der Waals surface area contributed by atoms with Crippen molar-refractivity contribution in [3.05, 3.63) is 11.6 Å². The number of aliphatic carboxylic acids is 1. The van der Waals surface area contributed by atoms with E-state index in [9.17, 15) is 4.79 Å². The zero-order valence-electron chi connectivity index (χ0n) is 8.75. The summed E-state index contributed by atoms with van der Waals surface area (Å²) >= 11 is 0. The Bertz CT molecular complexity index is 256. The molecule has 0 saturated heterocycles. The van der Waals surface area contributed by atoms with Gasteiger partial charge in [0.05, 0.1) is 0 Å². The number of carboxylic acids is 1. The van der Waals surface area contributed by atoms with Crippen molar-refractivity contribution in [1.82, 2.24) is 0 Å². The maximum absolute atomic E-state index is 10.8. The summed E-state index contributed by atoms with van der Waals surface area (Å²) < 4.78 is 0. The van der Waals surface area contributed by atoms with Gasteiger partial charge in [0.1, 0.15) is 0 Å². The Balaban J connectivity index is 2.15. The van der Waals surface area contributed by atoms with Crippen LogP contribution < -0.4 is 0 Å². The first-order chi connectivity index (χ1) is 6.61. The number of allylic oxidation sites excluding steroid dienone is 1. The maximum Gasteiger partial charge on any atom is 0.330 e. The van der Waals surface area contributed by atoms with E-state index < -0.39 is 5.97 Å². The average Bonchev–Trinajstić information content (AvgIpc) is 2.19. The van der Waals surface area contributed by atoms with Gasteiger partial charge < -0.3 is 5.11 Å². The number of rotatable bonds is 2. The molecule has 0 radical (unpaired) electrons. The molecular weight excluding hydrogens is 176 g/mol. The largest absolute Gasteiger partial charge is 0.478 e. The van der Waals surface area contributed by atoms with E-state index >= 15 is 0 Å². The molecule has 2 bridgehead atoms. The number of fused-ring (bicyclic) bond motifs is 3. The lowest BCUT2D eigenvalue weighted by molar-refractivity contribution is -0.132. The van der Waals surface area contributed by atoms with Gasteiger partial charge in [-0.05, 0) is 56.8 Å². The summed E-state index contributed by atoms with van der Waals surface area (Å²) in [5.74, 6) is 0.183. The highest BCUT2D eigenvalue weighted by molar-refractivity contribution is 5.85. The van der Waals surface area contributed by atoms with Gasteiger partial charge >= 0.3 is 5.97 Å². The lowest BCUT2D eigenvalue weighted by Gasteiger charge is -2.45. The molecule has 3 fully saturated rings. The highest BCUT2D eigenvalue weighted by atomic mass is 16.4. The molecule has 14 heavy (non-hydrogen) atoms. The van der Waals surface area contributed by atoms with Crippen LogP contribution >= 0.6 is 0 Å². The Hall–Kier alpha value is -0.790. The minimum atomic E-state index is -0.757. The van der Waals surface area contributed by atoms with Crippen LogP contribution in [0.2, 0.25) is 0 Å². The summed E-state index contributed by atoms with van der Waals surface area (Å²) in [5, 5.41) is 8.87. The second-order valence-electron chi connectivity index (χ2n) is 4.98. The van der Waals surface area contributed by atoms with Crippen LogP contribution in [0.25, 0.3) is 0 Å². The van der Waals surface area contributed by atoms with Crippen LogP contribution in [0.4, 0.5) is 0 Å². The molecule has 0 heterocycles. The van der Waals surface area contributed by atoms with Crippen molar-refractivity contribution in [2.75, 3.05) is 0 Å². The third kappa shape index (κ3) is 1.70. The average molecular weight is 194 g/mol. The van der Waals surface area contributed by atoms with Gasteiger partial charge in [-0.25, -0.2) is 4.79 Å². The molecule has 0 aromatic carbocycles. The van der Waals surface area contributed by atoms with Crippen molar-refractivity contribution in [1.29, 1.82) is 0 Å². The summed E-state index contributed by atoms with van der Waals surface area (Å²) in [6, 6.07) is 0. The van der Waals surface area contributed by atoms with Crippen LogP contribution in [0.15, 0.2) is 11.6 Å². The van der Waals surface area contributed by atoms with E-state index in [4.69, 9.17) is 5.11 Å². The number of carbonyl (C=O) groups is 1. The van der Waals surface area contributed by atoms with Crippen molar-refractivity contribution in [3.63, 3.8) is 0 Å². The number of carboxylic acid groups (broad SMARTS) is 1. The van der Waals surface area contributed by atoms with E-state index in [1.54, 1.807) is 6.92 Å². The van der Waals surface area contributed by atoms with Gasteiger partial charge in [-0.15, -0.1) is 0 Å². The Morgan fingerprint density at radius 1 is 1.29 bits per heavy atom. The minimum absolute atomic E-state index is 0.247. The Kier molecular flexibility index (Phi) is 2.38. The molecule has 3 rings (SSSR count). The topological polar surface area (TPSA) is 37.3 Å². The Morgan fingerprint density at radius 3 is 2.21 bits per heavy atom. The van der Waals surface area contributed by atoms with Gasteiger partial charge in [0.15, 0.2) is 0 Å². The number of hydrogen-bond acceptors (Lipinski definition) is 1.